The molecule has 0 aliphatic heterocycles. The second-order valence-electron chi connectivity index (χ2n) is 3.02. The molecular weight excluding hydrogens is 234 g/mol. The first-order valence-corrected chi connectivity index (χ1v) is 5.89. The van der Waals surface area contributed by atoms with Gasteiger partial charge < -0.3 is 10.4 Å². The summed E-state index contributed by atoms with van der Waals surface area (Å²) in [7, 11) is -4.32. The van der Waals surface area contributed by atoms with Gasteiger partial charge in [0, 0.05) is 6.54 Å². The Morgan fingerprint density at radius 2 is 2.06 bits per heavy atom. The van der Waals surface area contributed by atoms with Crippen LogP contribution in [-0.4, -0.2) is 30.6 Å². The van der Waals surface area contributed by atoms with Crippen LogP contribution in [0.4, 0.5) is 5.69 Å². The molecule has 88 valence electrons. The van der Waals surface area contributed by atoms with Gasteiger partial charge in [0.2, 0.25) is 0 Å². The lowest BCUT2D eigenvalue weighted by atomic mass is 10.2. The molecule has 7 heteroatoms. The van der Waals surface area contributed by atoms with Crippen LogP contribution in [0.3, 0.4) is 0 Å². The van der Waals surface area contributed by atoms with E-state index in [1.54, 1.807) is 6.92 Å². The molecule has 0 aliphatic carbocycles. The van der Waals surface area contributed by atoms with Crippen LogP contribution >= 0.6 is 0 Å². The highest BCUT2D eigenvalue weighted by Crippen LogP contribution is 2.20. The van der Waals surface area contributed by atoms with Crippen LogP contribution in [0.5, 0.6) is 0 Å². The van der Waals surface area contributed by atoms with Gasteiger partial charge in [-0.05, 0) is 25.1 Å². The van der Waals surface area contributed by atoms with Gasteiger partial charge in [-0.3, -0.25) is 4.55 Å². The summed E-state index contributed by atoms with van der Waals surface area (Å²) >= 11 is 0. The lowest BCUT2D eigenvalue weighted by molar-refractivity contribution is 0.0698. The van der Waals surface area contributed by atoms with Crippen LogP contribution < -0.4 is 5.32 Å². The second kappa shape index (κ2) is 4.50. The minimum absolute atomic E-state index is 0.0470. The molecule has 1 aromatic rings. The van der Waals surface area contributed by atoms with E-state index in [1.807, 2.05) is 0 Å². The Morgan fingerprint density at radius 3 is 2.50 bits per heavy atom. The highest BCUT2D eigenvalue weighted by Gasteiger charge is 2.15. The third kappa shape index (κ3) is 2.71. The lowest BCUT2D eigenvalue weighted by Gasteiger charge is -2.08. The van der Waals surface area contributed by atoms with E-state index in [0.717, 1.165) is 18.2 Å². The molecule has 0 amide bonds. The first kappa shape index (κ1) is 12.5. The van der Waals surface area contributed by atoms with E-state index in [1.165, 1.54) is 0 Å². The Hall–Kier alpha value is -1.60. The number of nitrogens with one attached hydrogen (secondary N) is 1. The van der Waals surface area contributed by atoms with E-state index in [4.69, 9.17) is 9.66 Å². The van der Waals surface area contributed by atoms with Crippen LogP contribution in [-0.2, 0) is 10.1 Å². The fraction of sp³-hybridized carbons (Fsp3) is 0.222. The topological polar surface area (TPSA) is 104 Å². The zero-order valence-corrected chi connectivity index (χ0v) is 9.28. The molecule has 0 fully saturated rings. The smallest absolute Gasteiger partial charge is 0.337 e. The Kier molecular flexibility index (Phi) is 3.51. The summed E-state index contributed by atoms with van der Waals surface area (Å²) in [6, 6.07) is 3.26. The van der Waals surface area contributed by atoms with Crippen molar-refractivity contribution in [3.05, 3.63) is 23.8 Å². The van der Waals surface area contributed by atoms with E-state index in [2.05, 4.69) is 5.32 Å². The normalized spacial score (nSPS) is 11.1. The van der Waals surface area contributed by atoms with Crippen LogP contribution in [0.25, 0.3) is 0 Å². The average molecular weight is 245 g/mol. The largest absolute Gasteiger partial charge is 0.478 e. The average Bonchev–Trinajstić information content (AvgIpc) is 2.16. The predicted octanol–water partition coefficient (Wildman–Crippen LogP) is 1.06. The van der Waals surface area contributed by atoms with Gasteiger partial charge in [0.15, 0.2) is 0 Å². The summed E-state index contributed by atoms with van der Waals surface area (Å²) < 4.78 is 30.5. The van der Waals surface area contributed by atoms with Gasteiger partial charge in [-0.25, -0.2) is 4.79 Å². The standard InChI is InChI=1S/C9H11NO5S/c1-2-10-8-5-6(16(13,14)15)3-4-7(8)9(11)12/h3-5,10H,2H2,1H3,(H,11,12)(H,13,14,15). The first-order valence-electron chi connectivity index (χ1n) is 4.45. The van der Waals surface area contributed by atoms with Gasteiger partial charge in [0.1, 0.15) is 0 Å². The van der Waals surface area contributed by atoms with E-state index in [9.17, 15) is 13.2 Å². The highest BCUT2D eigenvalue weighted by atomic mass is 32.2. The molecule has 0 bridgehead atoms. The van der Waals surface area contributed by atoms with Crippen molar-refractivity contribution in [1.82, 2.24) is 0 Å². The fourth-order valence-corrected chi connectivity index (χ4v) is 1.71. The van der Waals surface area contributed by atoms with E-state index in [0.29, 0.717) is 6.54 Å². The van der Waals surface area contributed by atoms with Crippen molar-refractivity contribution in [3.8, 4) is 0 Å². The summed E-state index contributed by atoms with van der Waals surface area (Å²) in [5, 5.41) is 11.5. The van der Waals surface area contributed by atoms with Gasteiger partial charge in [-0.1, -0.05) is 0 Å². The summed E-state index contributed by atoms with van der Waals surface area (Å²) in [5.41, 5.74) is 0.111. The lowest BCUT2D eigenvalue weighted by Crippen LogP contribution is -2.08. The minimum Gasteiger partial charge on any atom is -0.478 e. The molecule has 3 N–H and O–H groups in total. The van der Waals surface area contributed by atoms with E-state index < -0.39 is 16.1 Å². The molecule has 0 heterocycles. The number of carboxylic acid groups (broad SMARTS) is 1. The van der Waals surface area contributed by atoms with Gasteiger partial charge in [-0.15, -0.1) is 0 Å². The van der Waals surface area contributed by atoms with Crippen LogP contribution in [0.1, 0.15) is 17.3 Å². The zero-order valence-electron chi connectivity index (χ0n) is 8.47. The maximum Gasteiger partial charge on any atom is 0.337 e. The van der Waals surface area contributed by atoms with Gasteiger partial charge in [-0.2, -0.15) is 8.42 Å². The quantitative estimate of drug-likeness (QED) is 0.685. The summed E-state index contributed by atoms with van der Waals surface area (Å²) in [6.07, 6.45) is 0. The SMILES string of the molecule is CCNc1cc(S(=O)(=O)O)ccc1C(=O)O. The van der Waals surface area contributed by atoms with Gasteiger partial charge in [0.05, 0.1) is 16.1 Å². The molecule has 0 saturated carbocycles. The van der Waals surface area contributed by atoms with Crippen LogP contribution in [0.15, 0.2) is 23.1 Å². The molecule has 16 heavy (non-hydrogen) atoms. The Morgan fingerprint density at radius 1 is 1.44 bits per heavy atom. The number of aromatic carboxylic acids is 1. The van der Waals surface area contributed by atoms with Crippen molar-refractivity contribution in [2.45, 2.75) is 11.8 Å². The van der Waals surface area contributed by atoms with Crippen molar-refractivity contribution >= 4 is 21.8 Å². The van der Waals surface area contributed by atoms with Gasteiger partial charge >= 0.3 is 5.97 Å². The molecule has 0 radical (unpaired) electrons. The zero-order chi connectivity index (χ0) is 12.3. The molecule has 1 aromatic carbocycles. The first-order chi connectivity index (χ1) is 7.36. The van der Waals surface area contributed by atoms with Crippen molar-refractivity contribution in [3.63, 3.8) is 0 Å². The summed E-state index contributed by atoms with van der Waals surface area (Å²) in [6.45, 7) is 2.18. The molecular formula is C9H11NO5S. The van der Waals surface area contributed by atoms with E-state index >= 15 is 0 Å². The van der Waals surface area contributed by atoms with Crippen molar-refractivity contribution < 1.29 is 22.9 Å². The van der Waals surface area contributed by atoms with Crippen molar-refractivity contribution in [1.29, 1.82) is 0 Å². The summed E-state index contributed by atoms with van der Waals surface area (Å²) in [4.78, 5) is 10.5. The highest BCUT2D eigenvalue weighted by molar-refractivity contribution is 7.85. The monoisotopic (exact) mass is 245 g/mol. The number of hydrogen-bond acceptors (Lipinski definition) is 4. The van der Waals surface area contributed by atoms with Crippen LogP contribution in [0, 0.1) is 0 Å². The molecule has 0 aromatic heterocycles. The molecule has 0 spiro atoms. The van der Waals surface area contributed by atoms with Crippen molar-refractivity contribution in [2.75, 3.05) is 11.9 Å². The predicted molar refractivity (Wildman–Crippen MR) is 57.4 cm³/mol. The maximum atomic E-state index is 10.9. The number of hydrogen-bond donors (Lipinski definition) is 3. The Bertz CT molecular complexity index is 509. The maximum absolute atomic E-state index is 10.9. The molecule has 0 aliphatic rings. The fourth-order valence-electron chi connectivity index (χ4n) is 1.21. The van der Waals surface area contributed by atoms with Gasteiger partial charge in [0.25, 0.3) is 10.1 Å². The molecule has 0 unspecified atom stereocenters. The number of carbonyl (C=O) groups is 1. The minimum atomic E-state index is -4.32. The summed E-state index contributed by atoms with van der Waals surface area (Å²) in [5.74, 6) is -1.17. The molecule has 1 rings (SSSR count). The van der Waals surface area contributed by atoms with Crippen LogP contribution in [0.2, 0.25) is 0 Å². The number of anilines is 1. The third-order valence-electron chi connectivity index (χ3n) is 1.89. The number of carboxylic acids is 1. The Labute approximate surface area is 92.7 Å². The Balaban J connectivity index is 3.33. The molecule has 0 saturated heterocycles. The van der Waals surface area contributed by atoms with Crippen molar-refractivity contribution in [2.24, 2.45) is 0 Å². The number of benzene rings is 1. The molecule has 0 atom stereocenters. The second-order valence-corrected chi connectivity index (χ2v) is 4.44. The van der Waals surface area contributed by atoms with E-state index in [-0.39, 0.29) is 16.1 Å². The molecule has 6 nitrogen and oxygen atoms in total. The number of rotatable bonds is 4. The third-order valence-corrected chi connectivity index (χ3v) is 2.74.